The highest BCUT2D eigenvalue weighted by Gasteiger charge is 2.23. The molecule has 2 N–H and O–H groups in total. The first-order chi connectivity index (χ1) is 16.8. The molecular weight excluding hydrogens is 526 g/mol. The summed E-state index contributed by atoms with van der Waals surface area (Å²) in [5.74, 6) is -0.229. The number of methoxy groups -OCH3 is 1. The number of aryl methyl sites for hydroxylation is 2. The highest BCUT2D eigenvalue weighted by molar-refractivity contribution is 7.92. The van der Waals surface area contributed by atoms with Crippen molar-refractivity contribution in [1.82, 2.24) is 0 Å². The zero-order valence-electron chi connectivity index (χ0n) is 20.1. The number of sulfonamides is 2. The third-order valence-corrected chi connectivity index (χ3v) is 7.91. The zero-order valence-corrected chi connectivity index (χ0v) is 22.5. The van der Waals surface area contributed by atoms with Crippen molar-refractivity contribution in [3.05, 3.63) is 76.8 Å². The van der Waals surface area contributed by atoms with Crippen molar-refractivity contribution in [3.63, 3.8) is 0 Å². The van der Waals surface area contributed by atoms with E-state index in [0.29, 0.717) is 33.4 Å². The van der Waals surface area contributed by atoms with Crippen LogP contribution in [-0.4, -0.2) is 42.7 Å². The Morgan fingerprint density at radius 2 is 1.64 bits per heavy atom. The summed E-state index contributed by atoms with van der Waals surface area (Å²) in [6, 6.07) is 15.3. The van der Waals surface area contributed by atoms with E-state index in [1.54, 1.807) is 37.3 Å². The Kier molecular flexibility index (Phi) is 8.17. The molecule has 36 heavy (non-hydrogen) atoms. The first-order valence-corrected chi connectivity index (χ1v) is 14.3. The summed E-state index contributed by atoms with van der Waals surface area (Å²) in [4.78, 5) is 12.6. The van der Waals surface area contributed by atoms with Crippen LogP contribution in [0.5, 0.6) is 5.75 Å². The third-order valence-electron chi connectivity index (χ3n) is 5.16. The van der Waals surface area contributed by atoms with Crippen LogP contribution in [0.25, 0.3) is 0 Å². The molecule has 0 aliphatic heterocycles. The van der Waals surface area contributed by atoms with Gasteiger partial charge in [0.2, 0.25) is 15.9 Å². The van der Waals surface area contributed by atoms with Gasteiger partial charge in [0.15, 0.2) is 0 Å². The molecule has 0 heterocycles. The van der Waals surface area contributed by atoms with Crippen LogP contribution in [0.4, 0.5) is 17.1 Å². The molecule has 0 spiro atoms. The molecule has 192 valence electrons. The van der Waals surface area contributed by atoms with Crippen molar-refractivity contribution in [2.24, 2.45) is 0 Å². The molecule has 0 aliphatic rings. The molecule has 3 aromatic rings. The van der Waals surface area contributed by atoms with Crippen LogP contribution in [-0.2, 0) is 24.8 Å². The second-order valence-corrected chi connectivity index (χ2v) is 12.1. The van der Waals surface area contributed by atoms with Gasteiger partial charge in [0.1, 0.15) is 12.3 Å². The molecular formula is C24H26ClN3O6S2. The number of carbonyl (C=O) groups excluding carboxylic acids is 1. The van der Waals surface area contributed by atoms with E-state index in [4.69, 9.17) is 16.3 Å². The van der Waals surface area contributed by atoms with Crippen LogP contribution >= 0.6 is 11.6 Å². The topological polar surface area (TPSA) is 122 Å². The van der Waals surface area contributed by atoms with E-state index in [1.165, 1.54) is 37.4 Å². The molecule has 0 aliphatic carbocycles. The molecule has 3 rings (SSSR count). The van der Waals surface area contributed by atoms with Crippen LogP contribution in [0.1, 0.15) is 11.1 Å². The molecule has 9 nitrogen and oxygen atoms in total. The molecule has 0 fully saturated rings. The van der Waals surface area contributed by atoms with E-state index < -0.39 is 32.5 Å². The van der Waals surface area contributed by atoms with E-state index >= 15 is 0 Å². The number of anilines is 3. The van der Waals surface area contributed by atoms with Gasteiger partial charge in [0.25, 0.3) is 10.0 Å². The summed E-state index contributed by atoms with van der Waals surface area (Å²) < 4.78 is 59.1. The van der Waals surface area contributed by atoms with E-state index in [2.05, 4.69) is 10.0 Å². The summed E-state index contributed by atoms with van der Waals surface area (Å²) in [5, 5.41) is 3.04. The zero-order chi connectivity index (χ0) is 26.7. The number of hydrogen-bond donors (Lipinski definition) is 2. The van der Waals surface area contributed by atoms with Crippen molar-refractivity contribution < 1.29 is 26.4 Å². The molecule has 0 atom stereocenters. The molecule has 0 saturated heterocycles. The standard InChI is InChI=1S/C24H26ClN3O6S2/c1-16-5-12-23(34-3)21(13-16)27-36(32,33)20-9-7-19(8-10-20)26-24(29)15-28(35(4,30)31)22-11-6-18(25)14-17(22)2/h5-14,27H,15H2,1-4H3,(H,26,29). The Morgan fingerprint density at radius 1 is 0.972 bits per heavy atom. The van der Waals surface area contributed by atoms with Gasteiger partial charge < -0.3 is 10.1 Å². The molecule has 12 heteroatoms. The van der Waals surface area contributed by atoms with Crippen molar-refractivity contribution in [2.75, 3.05) is 34.3 Å². The van der Waals surface area contributed by atoms with Gasteiger partial charge in [-0.1, -0.05) is 17.7 Å². The largest absolute Gasteiger partial charge is 0.495 e. The lowest BCUT2D eigenvalue weighted by Crippen LogP contribution is -2.37. The van der Waals surface area contributed by atoms with Gasteiger partial charge in [-0.3, -0.25) is 13.8 Å². The Morgan fingerprint density at radius 3 is 2.22 bits per heavy atom. The molecule has 0 radical (unpaired) electrons. The number of hydrogen-bond acceptors (Lipinski definition) is 6. The monoisotopic (exact) mass is 551 g/mol. The number of halogens is 1. The first-order valence-electron chi connectivity index (χ1n) is 10.6. The second-order valence-electron chi connectivity index (χ2n) is 8.08. The summed E-state index contributed by atoms with van der Waals surface area (Å²) in [5.41, 5.74) is 2.37. The predicted octanol–water partition coefficient (Wildman–Crippen LogP) is 4.17. The maximum absolute atomic E-state index is 12.8. The summed E-state index contributed by atoms with van der Waals surface area (Å²) in [6.07, 6.45) is 1.00. The van der Waals surface area contributed by atoms with E-state index in [-0.39, 0.29) is 4.90 Å². The second kappa shape index (κ2) is 10.8. The molecule has 1 amide bonds. The van der Waals surface area contributed by atoms with Crippen LogP contribution in [0.15, 0.2) is 65.6 Å². The van der Waals surface area contributed by atoms with Gasteiger partial charge in [0, 0.05) is 10.7 Å². The smallest absolute Gasteiger partial charge is 0.262 e. The molecule has 0 saturated carbocycles. The molecule has 0 bridgehead atoms. The van der Waals surface area contributed by atoms with Crippen LogP contribution in [0.2, 0.25) is 5.02 Å². The number of ether oxygens (including phenoxy) is 1. The number of benzene rings is 3. The van der Waals surface area contributed by atoms with E-state index in [0.717, 1.165) is 16.1 Å². The van der Waals surface area contributed by atoms with Gasteiger partial charge in [-0.15, -0.1) is 0 Å². The molecule has 0 unspecified atom stereocenters. The Hall–Kier alpha value is -3.28. The first kappa shape index (κ1) is 27.3. The molecule has 0 aromatic heterocycles. The SMILES string of the molecule is COc1ccc(C)cc1NS(=O)(=O)c1ccc(NC(=O)CN(c2ccc(Cl)cc2C)S(C)(=O)=O)cc1. The lowest BCUT2D eigenvalue weighted by atomic mass is 10.2. The fourth-order valence-corrected chi connectivity index (χ4v) is 5.64. The van der Waals surface area contributed by atoms with Crippen LogP contribution < -0.4 is 19.1 Å². The lowest BCUT2D eigenvalue weighted by Gasteiger charge is -2.23. The Bertz CT molecular complexity index is 1490. The fourth-order valence-electron chi connectivity index (χ4n) is 3.43. The maximum Gasteiger partial charge on any atom is 0.262 e. The number of nitrogens with zero attached hydrogens (tertiary/aromatic N) is 1. The van der Waals surface area contributed by atoms with Gasteiger partial charge in [0.05, 0.1) is 29.6 Å². The average Bonchev–Trinajstić information content (AvgIpc) is 2.77. The highest BCUT2D eigenvalue weighted by Crippen LogP contribution is 2.28. The highest BCUT2D eigenvalue weighted by atomic mass is 35.5. The summed E-state index contributed by atoms with van der Waals surface area (Å²) >= 11 is 5.96. The van der Waals surface area contributed by atoms with Crippen molar-refractivity contribution >= 4 is 54.6 Å². The van der Waals surface area contributed by atoms with Gasteiger partial charge in [-0.05, 0) is 79.6 Å². The van der Waals surface area contributed by atoms with Gasteiger partial charge in [-0.25, -0.2) is 16.8 Å². The van der Waals surface area contributed by atoms with Crippen molar-refractivity contribution in [2.45, 2.75) is 18.7 Å². The minimum absolute atomic E-state index is 0.0291. The number of amides is 1. The fraction of sp³-hybridized carbons (Fsp3) is 0.208. The van der Waals surface area contributed by atoms with Gasteiger partial charge in [-0.2, -0.15) is 0 Å². The minimum Gasteiger partial charge on any atom is -0.495 e. The Labute approximate surface area is 216 Å². The Balaban J connectivity index is 1.75. The van der Waals surface area contributed by atoms with E-state index in [1.807, 2.05) is 6.92 Å². The lowest BCUT2D eigenvalue weighted by molar-refractivity contribution is -0.114. The van der Waals surface area contributed by atoms with Crippen LogP contribution in [0.3, 0.4) is 0 Å². The summed E-state index contributed by atoms with van der Waals surface area (Å²) in [6.45, 7) is 3.04. The maximum atomic E-state index is 12.8. The predicted molar refractivity (Wildman–Crippen MR) is 142 cm³/mol. The van der Waals surface area contributed by atoms with Gasteiger partial charge >= 0.3 is 0 Å². The van der Waals surface area contributed by atoms with E-state index in [9.17, 15) is 21.6 Å². The van der Waals surface area contributed by atoms with Crippen LogP contribution in [0, 0.1) is 13.8 Å². The number of carbonyl (C=O) groups is 1. The normalized spacial score (nSPS) is 11.6. The van der Waals surface area contributed by atoms with Crippen molar-refractivity contribution in [3.8, 4) is 5.75 Å². The number of rotatable bonds is 9. The minimum atomic E-state index is -3.93. The quantitative estimate of drug-likeness (QED) is 0.411. The summed E-state index contributed by atoms with van der Waals surface area (Å²) in [7, 11) is -6.26. The number of nitrogens with one attached hydrogen (secondary N) is 2. The third kappa shape index (κ3) is 6.68. The molecule has 3 aromatic carbocycles. The average molecular weight is 552 g/mol. The van der Waals surface area contributed by atoms with Crippen molar-refractivity contribution in [1.29, 1.82) is 0 Å².